The molecule has 0 spiro atoms. The van der Waals surface area contributed by atoms with Gasteiger partial charge in [-0.25, -0.2) is 0 Å². The van der Waals surface area contributed by atoms with Crippen LogP contribution < -0.4 is 10.6 Å². The highest BCUT2D eigenvalue weighted by atomic mass is 35.5. The number of thioether (sulfide) groups is 1. The summed E-state index contributed by atoms with van der Waals surface area (Å²) in [5, 5.41) is 16.4. The number of amides is 2. The summed E-state index contributed by atoms with van der Waals surface area (Å²) in [6.07, 6.45) is 0. The molecule has 0 unspecified atom stereocenters. The molecule has 0 saturated heterocycles. The minimum absolute atomic E-state index is 0.00956. The predicted octanol–water partition coefficient (Wildman–Crippen LogP) is 6.77. The second-order valence-electron chi connectivity index (χ2n) is 7.87. The molecule has 2 N–H and O–H groups in total. The molecule has 0 saturated carbocycles. The van der Waals surface area contributed by atoms with Crippen LogP contribution in [0.1, 0.15) is 43.0 Å². The van der Waals surface area contributed by atoms with E-state index in [4.69, 9.17) is 46.4 Å². The van der Waals surface area contributed by atoms with Crippen LogP contribution in [-0.2, 0) is 11.3 Å². The molecule has 0 aliphatic carbocycles. The Balaban J connectivity index is 1.72. The standard InChI is InChI=1S/C23H23Cl4N5O2S/c1-4-32-21(20(12(2)3)29-22(34)15-7-5-13(24)9-17(15)26)30-31-23(32)35-11-19(33)28-14-6-8-16(25)18(27)10-14/h5-10,12,20H,4,11H2,1-3H3,(H,28,33)(H,29,34)/t20-/m1/s1. The first-order chi connectivity index (χ1) is 16.6. The average Bonchev–Trinajstić information content (AvgIpc) is 3.20. The monoisotopic (exact) mass is 573 g/mol. The molecule has 0 fully saturated rings. The molecule has 35 heavy (non-hydrogen) atoms. The number of hydrogen-bond donors (Lipinski definition) is 2. The number of halogens is 4. The van der Waals surface area contributed by atoms with Gasteiger partial charge in [0.1, 0.15) is 0 Å². The van der Waals surface area contributed by atoms with E-state index in [0.717, 1.165) is 0 Å². The molecule has 186 valence electrons. The van der Waals surface area contributed by atoms with Crippen LogP contribution in [0.4, 0.5) is 5.69 Å². The van der Waals surface area contributed by atoms with Gasteiger partial charge in [0, 0.05) is 17.3 Å². The van der Waals surface area contributed by atoms with Crippen molar-refractivity contribution in [3.05, 3.63) is 67.9 Å². The summed E-state index contributed by atoms with van der Waals surface area (Å²) in [6, 6.07) is 9.16. The van der Waals surface area contributed by atoms with Gasteiger partial charge in [-0.15, -0.1) is 10.2 Å². The van der Waals surface area contributed by atoms with Crippen molar-refractivity contribution in [1.29, 1.82) is 0 Å². The number of nitrogens with one attached hydrogen (secondary N) is 2. The molecule has 3 aromatic rings. The van der Waals surface area contributed by atoms with Gasteiger partial charge in [0.05, 0.1) is 32.4 Å². The summed E-state index contributed by atoms with van der Waals surface area (Å²) >= 11 is 25.3. The summed E-state index contributed by atoms with van der Waals surface area (Å²) in [4.78, 5) is 25.4. The van der Waals surface area contributed by atoms with Crippen LogP contribution in [0.25, 0.3) is 0 Å². The van der Waals surface area contributed by atoms with E-state index in [1.165, 1.54) is 17.8 Å². The predicted molar refractivity (Wildman–Crippen MR) is 143 cm³/mol. The summed E-state index contributed by atoms with van der Waals surface area (Å²) in [5.74, 6) is 0.138. The van der Waals surface area contributed by atoms with Crippen LogP contribution in [0.2, 0.25) is 20.1 Å². The molecule has 1 atom stereocenters. The fourth-order valence-electron chi connectivity index (χ4n) is 3.26. The molecule has 0 aliphatic heterocycles. The number of carbonyl (C=O) groups is 2. The number of anilines is 1. The van der Waals surface area contributed by atoms with E-state index < -0.39 is 6.04 Å². The van der Waals surface area contributed by atoms with Crippen LogP contribution in [0, 0.1) is 5.92 Å². The number of hydrogen-bond acceptors (Lipinski definition) is 5. The van der Waals surface area contributed by atoms with Crippen molar-refractivity contribution < 1.29 is 9.59 Å². The third kappa shape index (κ3) is 7.05. The smallest absolute Gasteiger partial charge is 0.253 e. The van der Waals surface area contributed by atoms with Crippen LogP contribution in [-0.4, -0.2) is 32.3 Å². The lowest BCUT2D eigenvalue weighted by Gasteiger charge is -2.22. The van der Waals surface area contributed by atoms with E-state index in [1.54, 1.807) is 30.3 Å². The number of benzene rings is 2. The van der Waals surface area contributed by atoms with Gasteiger partial charge in [0.25, 0.3) is 5.91 Å². The van der Waals surface area contributed by atoms with Gasteiger partial charge in [-0.1, -0.05) is 72.0 Å². The fourth-order valence-corrected chi connectivity index (χ4v) is 4.86. The maximum Gasteiger partial charge on any atom is 0.253 e. The topological polar surface area (TPSA) is 88.9 Å². The second-order valence-corrected chi connectivity index (χ2v) is 10.5. The Morgan fingerprint density at radius 2 is 1.74 bits per heavy atom. The molecule has 1 aromatic heterocycles. The van der Waals surface area contributed by atoms with Gasteiger partial charge in [-0.3, -0.25) is 9.59 Å². The maximum absolute atomic E-state index is 12.9. The Hall–Kier alpha value is -1.97. The fraction of sp³-hybridized carbons (Fsp3) is 0.304. The van der Waals surface area contributed by atoms with Crippen molar-refractivity contribution in [3.63, 3.8) is 0 Å². The molecule has 0 bridgehead atoms. The maximum atomic E-state index is 12.9. The second kappa shape index (κ2) is 12.3. The van der Waals surface area contributed by atoms with Crippen LogP contribution in [0.15, 0.2) is 41.6 Å². The minimum Gasteiger partial charge on any atom is -0.342 e. The normalized spacial score (nSPS) is 12.0. The summed E-state index contributed by atoms with van der Waals surface area (Å²) in [6.45, 7) is 6.45. The lowest BCUT2D eigenvalue weighted by molar-refractivity contribution is -0.113. The van der Waals surface area contributed by atoms with Crippen molar-refractivity contribution >= 4 is 75.7 Å². The summed E-state index contributed by atoms with van der Waals surface area (Å²) < 4.78 is 1.88. The first-order valence-corrected chi connectivity index (χ1v) is 13.2. The van der Waals surface area contributed by atoms with Crippen LogP contribution >= 0.6 is 58.2 Å². The van der Waals surface area contributed by atoms with Crippen molar-refractivity contribution in [2.75, 3.05) is 11.1 Å². The molecular weight excluding hydrogens is 552 g/mol. The lowest BCUT2D eigenvalue weighted by atomic mass is 10.0. The third-order valence-corrected chi connectivity index (χ3v) is 7.26. The number of aromatic nitrogens is 3. The quantitative estimate of drug-likeness (QED) is 0.275. The highest BCUT2D eigenvalue weighted by Gasteiger charge is 2.27. The third-order valence-electron chi connectivity index (χ3n) is 5.00. The molecule has 12 heteroatoms. The zero-order valence-electron chi connectivity index (χ0n) is 19.1. The van der Waals surface area contributed by atoms with Crippen molar-refractivity contribution in [3.8, 4) is 0 Å². The molecule has 2 amide bonds. The van der Waals surface area contributed by atoms with Gasteiger partial charge < -0.3 is 15.2 Å². The Morgan fingerprint density at radius 3 is 2.37 bits per heavy atom. The van der Waals surface area contributed by atoms with Crippen molar-refractivity contribution in [1.82, 2.24) is 20.1 Å². The van der Waals surface area contributed by atoms with E-state index in [-0.39, 0.29) is 28.5 Å². The average molecular weight is 575 g/mol. The van der Waals surface area contributed by atoms with Crippen LogP contribution in [0.5, 0.6) is 0 Å². The number of nitrogens with zero attached hydrogens (tertiary/aromatic N) is 3. The summed E-state index contributed by atoms with van der Waals surface area (Å²) in [5.41, 5.74) is 0.865. The number of carbonyl (C=O) groups excluding carboxylic acids is 2. The molecule has 3 rings (SSSR count). The Bertz CT molecular complexity index is 1230. The summed E-state index contributed by atoms with van der Waals surface area (Å²) in [7, 11) is 0. The van der Waals surface area contributed by atoms with E-state index in [9.17, 15) is 9.59 Å². The largest absolute Gasteiger partial charge is 0.342 e. The van der Waals surface area contributed by atoms with Gasteiger partial charge in [-0.05, 0) is 49.2 Å². The first kappa shape index (κ1) is 27.6. The van der Waals surface area contributed by atoms with Crippen LogP contribution in [0.3, 0.4) is 0 Å². The van der Waals surface area contributed by atoms with Gasteiger partial charge >= 0.3 is 0 Å². The Kier molecular flexibility index (Phi) is 9.72. The van der Waals surface area contributed by atoms with Gasteiger partial charge in [0.15, 0.2) is 11.0 Å². The van der Waals surface area contributed by atoms with Crippen molar-refractivity contribution in [2.24, 2.45) is 5.92 Å². The SMILES string of the molecule is CCn1c(SCC(=O)Nc2ccc(Cl)c(Cl)c2)nnc1[C@H](NC(=O)c1ccc(Cl)cc1Cl)C(C)C. The minimum atomic E-state index is -0.430. The molecule has 0 radical (unpaired) electrons. The number of rotatable bonds is 9. The zero-order valence-corrected chi connectivity index (χ0v) is 23.0. The van der Waals surface area contributed by atoms with E-state index in [1.807, 2.05) is 25.3 Å². The molecule has 2 aromatic carbocycles. The molecule has 1 heterocycles. The Labute approximate surface area is 227 Å². The van der Waals surface area contributed by atoms with E-state index in [2.05, 4.69) is 20.8 Å². The van der Waals surface area contributed by atoms with Gasteiger partial charge in [-0.2, -0.15) is 0 Å². The Morgan fingerprint density at radius 1 is 1.00 bits per heavy atom. The molecular formula is C23H23Cl4N5O2S. The highest BCUT2D eigenvalue weighted by Crippen LogP contribution is 2.28. The first-order valence-electron chi connectivity index (χ1n) is 10.7. The van der Waals surface area contributed by atoms with E-state index >= 15 is 0 Å². The van der Waals surface area contributed by atoms with Crippen molar-refractivity contribution in [2.45, 2.75) is 38.5 Å². The van der Waals surface area contributed by atoms with Gasteiger partial charge in [0.2, 0.25) is 5.91 Å². The molecule has 0 aliphatic rings. The molecule has 7 nitrogen and oxygen atoms in total. The highest BCUT2D eigenvalue weighted by molar-refractivity contribution is 7.99. The zero-order chi connectivity index (χ0) is 25.7. The van der Waals surface area contributed by atoms with E-state index in [0.29, 0.717) is 43.8 Å². The lowest BCUT2D eigenvalue weighted by Crippen LogP contribution is -2.34.